The topological polar surface area (TPSA) is 117 Å². The highest BCUT2D eigenvalue weighted by molar-refractivity contribution is 5.92. The minimum Gasteiger partial charge on any atom is -0.496 e. The van der Waals surface area contributed by atoms with Crippen LogP contribution in [0.1, 0.15) is 62.7 Å². The smallest absolute Gasteiger partial charge is 0.411 e. The number of nitriles is 1. The maximum Gasteiger partial charge on any atom is 0.411 e. The highest BCUT2D eigenvalue weighted by Gasteiger charge is 2.72. The molecule has 0 atom stereocenters. The number of benzene rings is 3. The van der Waals surface area contributed by atoms with E-state index in [-0.39, 0.29) is 29.4 Å². The van der Waals surface area contributed by atoms with E-state index in [1.165, 1.54) is 12.1 Å². The summed E-state index contributed by atoms with van der Waals surface area (Å²) in [5, 5.41) is 28.8. The third-order valence-electron chi connectivity index (χ3n) is 6.37. The summed E-state index contributed by atoms with van der Waals surface area (Å²) in [6, 6.07) is 8.72. The molecule has 0 saturated heterocycles. The second-order valence-corrected chi connectivity index (χ2v) is 9.07. The van der Waals surface area contributed by atoms with Gasteiger partial charge in [0.25, 0.3) is 0 Å². The fraction of sp³-hybridized carbons (Fsp3) is 0.250. The third-order valence-corrected chi connectivity index (χ3v) is 6.37. The quantitative estimate of drug-likeness (QED) is 0.268. The van der Waals surface area contributed by atoms with Gasteiger partial charge >= 0.3 is 24.3 Å². The zero-order valence-electron chi connectivity index (χ0n) is 21.5. The molecule has 3 aromatic rings. The Morgan fingerprint density at radius 1 is 0.805 bits per heavy atom. The van der Waals surface area contributed by atoms with Crippen LogP contribution in [-0.4, -0.2) is 41.6 Å². The number of methoxy groups -OCH3 is 1. The minimum atomic E-state index is -6.13. The molecule has 0 heterocycles. The van der Waals surface area contributed by atoms with Crippen LogP contribution < -0.4 is 9.47 Å². The van der Waals surface area contributed by atoms with Gasteiger partial charge in [-0.05, 0) is 52.9 Å². The predicted molar refractivity (Wildman–Crippen MR) is 132 cm³/mol. The number of alkyl halides is 6. The molecule has 0 spiro atoms. The molecular formula is C28H21F6NO6. The van der Waals surface area contributed by atoms with Crippen molar-refractivity contribution < 1.29 is 55.6 Å². The summed E-state index contributed by atoms with van der Waals surface area (Å²) in [5.41, 5.74) is -9.46. The lowest BCUT2D eigenvalue weighted by atomic mass is 9.72. The normalized spacial score (nSPS) is 12.1. The molecular weight excluding hydrogens is 560 g/mol. The highest BCUT2D eigenvalue weighted by atomic mass is 19.4. The van der Waals surface area contributed by atoms with Crippen LogP contribution in [0.2, 0.25) is 0 Å². The number of carboxylic acids is 2. The molecule has 13 heteroatoms. The zero-order chi connectivity index (χ0) is 30.9. The number of carbonyl (C=O) groups is 2. The molecule has 0 amide bonds. The van der Waals surface area contributed by atoms with Crippen LogP contribution in [-0.2, 0) is 5.41 Å². The highest BCUT2D eigenvalue weighted by Crippen LogP contribution is 2.57. The molecule has 0 aromatic heterocycles. The van der Waals surface area contributed by atoms with Crippen molar-refractivity contribution in [3.8, 4) is 23.3 Å². The number of hydrogen-bond acceptors (Lipinski definition) is 5. The van der Waals surface area contributed by atoms with E-state index in [2.05, 4.69) is 0 Å². The Morgan fingerprint density at radius 3 is 1.71 bits per heavy atom. The van der Waals surface area contributed by atoms with E-state index < -0.39 is 63.5 Å². The first-order valence-electron chi connectivity index (χ1n) is 11.6. The van der Waals surface area contributed by atoms with Gasteiger partial charge in [-0.2, -0.15) is 31.6 Å². The Morgan fingerprint density at radius 2 is 1.29 bits per heavy atom. The van der Waals surface area contributed by atoms with E-state index in [0.717, 1.165) is 7.11 Å². The van der Waals surface area contributed by atoms with Crippen LogP contribution in [0.4, 0.5) is 26.3 Å². The van der Waals surface area contributed by atoms with E-state index >= 15 is 0 Å². The van der Waals surface area contributed by atoms with Crippen molar-refractivity contribution in [2.75, 3.05) is 7.11 Å². The van der Waals surface area contributed by atoms with Crippen LogP contribution in [0.15, 0.2) is 54.6 Å². The van der Waals surface area contributed by atoms with Gasteiger partial charge in [0.15, 0.2) is 0 Å². The molecule has 0 aliphatic carbocycles. The Balaban J connectivity index is 2.36. The average Bonchev–Trinajstić information content (AvgIpc) is 2.87. The lowest BCUT2D eigenvalue weighted by Crippen LogP contribution is -2.55. The van der Waals surface area contributed by atoms with Gasteiger partial charge in [-0.1, -0.05) is 38.1 Å². The fourth-order valence-corrected chi connectivity index (χ4v) is 4.46. The largest absolute Gasteiger partial charge is 0.496 e. The fourth-order valence-electron chi connectivity index (χ4n) is 4.46. The number of halogens is 6. The monoisotopic (exact) mass is 581 g/mol. The van der Waals surface area contributed by atoms with Crippen molar-refractivity contribution in [3.05, 3.63) is 88.0 Å². The second kappa shape index (κ2) is 11.0. The summed E-state index contributed by atoms with van der Waals surface area (Å²) < 4.78 is 98.2. The molecule has 0 radical (unpaired) electrons. The molecule has 3 rings (SSSR count). The number of hydrogen-bond donors (Lipinski definition) is 2. The molecule has 7 nitrogen and oxygen atoms in total. The van der Waals surface area contributed by atoms with E-state index in [4.69, 9.17) is 9.47 Å². The van der Waals surface area contributed by atoms with Gasteiger partial charge in [0.2, 0.25) is 5.41 Å². The SMILES string of the molecule is COc1ccc(C(c2ccc(Oc3cccc(C(C)C)c3C#N)c(C(=O)O)c2)(C(F)(F)F)C(F)(F)F)cc1C(=O)O. The number of rotatable bonds is 8. The Bertz CT molecular complexity index is 1520. The maximum atomic E-state index is 14.6. The zero-order valence-corrected chi connectivity index (χ0v) is 21.5. The van der Waals surface area contributed by atoms with Crippen molar-refractivity contribution in [1.29, 1.82) is 5.26 Å². The van der Waals surface area contributed by atoms with Crippen LogP contribution >= 0.6 is 0 Å². The van der Waals surface area contributed by atoms with E-state index in [9.17, 15) is 51.4 Å². The van der Waals surface area contributed by atoms with Crippen molar-refractivity contribution in [2.45, 2.75) is 37.5 Å². The first-order valence-corrected chi connectivity index (χ1v) is 11.6. The molecule has 2 N–H and O–H groups in total. The first-order chi connectivity index (χ1) is 19.0. The van der Waals surface area contributed by atoms with Gasteiger partial charge < -0.3 is 19.7 Å². The Labute approximate surface area is 229 Å². The van der Waals surface area contributed by atoms with Crippen molar-refractivity contribution >= 4 is 11.9 Å². The van der Waals surface area contributed by atoms with Crippen molar-refractivity contribution in [1.82, 2.24) is 0 Å². The van der Waals surface area contributed by atoms with E-state index in [0.29, 0.717) is 29.8 Å². The summed E-state index contributed by atoms with van der Waals surface area (Å²) in [7, 11) is 0.981. The Hall–Kier alpha value is -4.73. The van der Waals surface area contributed by atoms with Gasteiger partial charge in [0.1, 0.15) is 34.4 Å². The number of aromatic carboxylic acids is 2. The summed E-state index contributed by atoms with van der Waals surface area (Å²) in [6.45, 7) is 3.53. The van der Waals surface area contributed by atoms with Crippen LogP contribution in [0, 0.1) is 11.3 Å². The molecule has 0 bridgehead atoms. The lowest BCUT2D eigenvalue weighted by molar-refractivity contribution is -0.288. The Kier molecular flexibility index (Phi) is 8.29. The molecule has 0 unspecified atom stereocenters. The summed E-state index contributed by atoms with van der Waals surface area (Å²) >= 11 is 0. The average molecular weight is 581 g/mol. The van der Waals surface area contributed by atoms with Gasteiger partial charge in [-0.15, -0.1) is 0 Å². The van der Waals surface area contributed by atoms with Gasteiger partial charge in [0.05, 0.1) is 12.7 Å². The third kappa shape index (κ3) is 5.37. The standard InChI is InChI=1S/C28H21F6NO6/c1-14(2)17-5-4-6-22(20(17)13-35)41-23-10-8-16(12-19(23)25(38)39)26(27(29,30)31,28(32,33)34)15-7-9-21(40-3)18(11-15)24(36)37/h4-12,14H,1-3H3,(H,36,37)(H,38,39). The summed E-state index contributed by atoms with van der Waals surface area (Å²) in [4.78, 5) is 23.7. The van der Waals surface area contributed by atoms with E-state index in [1.807, 2.05) is 6.07 Å². The first kappa shape index (κ1) is 30.8. The van der Waals surface area contributed by atoms with Crippen molar-refractivity contribution in [2.24, 2.45) is 0 Å². The molecule has 0 saturated carbocycles. The van der Waals surface area contributed by atoms with Crippen LogP contribution in [0.25, 0.3) is 0 Å². The maximum absolute atomic E-state index is 14.6. The van der Waals surface area contributed by atoms with Crippen LogP contribution in [0.3, 0.4) is 0 Å². The molecule has 0 fully saturated rings. The predicted octanol–water partition coefficient (Wildman–Crippen LogP) is 7.29. The molecule has 216 valence electrons. The molecule has 0 aliphatic heterocycles. The lowest BCUT2D eigenvalue weighted by Gasteiger charge is -2.38. The molecule has 0 aliphatic rings. The van der Waals surface area contributed by atoms with Gasteiger partial charge in [0, 0.05) is 0 Å². The molecule has 41 heavy (non-hydrogen) atoms. The minimum absolute atomic E-state index is 0.00211. The molecule has 3 aromatic carbocycles. The van der Waals surface area contributed by atoms with Crippen molar-refractivity contribution in [3.63, 3.8) is 0 Å². The summed E-state index contributed by atoms with van der Waals surface area (Å²) in [5.74, 6) is -5.22. The van der Waals surface area contributed by atoms with Gasteiger partial charge in [-0.3, -0.25) is 0 Å². The second-order valence-electron chi connectivity index (χ2n) is 9.07. The van der Waals surface area contributed by atoms with Gasteiger partial charge in [-0.25, -0.2) is 9.59 Å². The number of nitrogens with zero attached hydrogens (tertiary/aromatic N) is 1. The van der Waals surface area contributed by atoms with Crippen LogP contribution in [0.5, 0.6) is 17.2 Å². The number of ether oxygens (including phenoxy) is 2. The summed E-state index contributed by atoms with van der Waals surface area (Å²) in [6.07, 6.45) is -12.3. The van der Waals surface area contributed by atoms with E-state index in [1.54, 1.807) is 19.9 Å². The number of carboxylic acid groups (broad SMARTS) is 2.